The third-order valence-electron chi connectivity index (χ3n) is 3.08. The summed E-state index contributed by atoms with van der Waals surface area (Å²) in [5.74, 6) is -0.302. The maximum atomic E-state index is 10.5. The highest BCUT2D eigenvalue weighted by Gasteiger charge is 2.11. The van der Waals surface area contributed by atoms with Crippen LogP contribution in [-0.4, -0.2) is 21.2 Å². The monoisotopic (exact) mass is 323 g/mol. The highest BCUT2D eigenvalue weighted by Crippen LogP contribution is 2.32. The van der Waals surface area contributed by atoms with Gasteiger partial charge < -0.3 is 14.9 Å². The lowest BCUT2D eigenvalue weighted by molar-refractivity contribution is -0.141. The zero-order valence-electron chi connectivity index (χ0n) is 12.1. The summed E-state index contributed by atoms with van der Waals surface area (Å²) < 4.78 is 5.06. The molecule has 0 fully saturated rings. The van der Waals surface area contributed by atoms with Crippen molar-refractivity contribution in [2.24, 2.45) is 5.92 Å². The predicted molar refractivity (Wildman–Crippen MR) is 84.4 cm³/mol. The third-order valence-corrected chi connectivity index (χ3v) is 3.08. The van der Waals surface area contributed by atoms with Crippen LogP contribution in [0.2, 0.25) is 0 Å². The number of hydrogen-bond donors (Lipinski definition) is 2. The van der Waals surface area contributed by atoms with Crippen molar-refractivity contribution < 1.29 is 19.7 Å². The van der Waals surface area contributed by atoms with Crippen molar-refractivity contribution in [3.05, 3.63) is 53.9 Å². The number of aliphatic carboxylic acids is 1. The molecule has 6 heteroatoms. The van der Waals surface area contributed by atoms with Crippen molar-refractivity contribution in [2.75, 3.05) is 0 Å². The average Bonchev–Trinajstić information content (AvgIpc) is 2.88. The van der Waals surface area contributed by atoms with Crippen LogP contribution in [-0.2, 0) is 17.8 Å². The van der Waals surface area contributed by atoms with E-state index in [9.17, 15) is 4.79 Å². The highest BCUT2D eigenvalue weighted by atomic mass is 35.5. The molecule has 3 rings (SSSR count). The molecule has 1 aliphatic rings. The minimum atomic E-state index is -0.777. The first-order valence-electron chi connectivity index (χ1n) is 6.63. The summed E-state index contributed by atoms with van der Waals surface area (Å²) >= 11 is 0. The number of carbonyl (C=O) groups is 1. The van der Waals surface area contributed by atoms with Gasteiger partial charge in [-0.25, -0.2) is 0 Å². The molecule has 2 bridgehead atoms. The number of carboxylic acids is 1. The van der Waals surface area contributed by atoms with Gasteiger partial charge in [0, 0.05) is 18.3 Å². The fourth-order valence-electron chi connectivity index (χ4n) is 1.84. The fraction of sp³-hybridized carbons (Fsp3) is 0.250. The van der Waals surface area contributed by atoms with Gasteiger partial charge in [-0.1, -0.05) is 19.1 Å². The van der Waals surface area contributed by atoms with Gasteiger partial charge in [0.05, 0.1) is 5.92 Å². The molecular formula is C16H18ClNO4. The van der Waals surface area contributed by atoms with Crippen molar-refractivity contribution in [3.63, 3.8) is 0 Å². The standard InChI is InChI=1S/C9H11NO2.C7H6O2.ClH/c1-7(9(11)12)6-8-4-2-3-5-10-8;8-6-2-1-5-3-7(6)9-4-5;/h2-5,7H,6H2,1H3,(H,11,12);1-3,8H,4H2;1H. The zero-order valence-corrected chi connectivity index (χ0v) is 12.9. The molecule has 22 heavy (non-hydrogen) atoms. The van der Waals surface area contributed by atoms with Crippen molar-refractivity contribution in [2.45, 2.75) is 20.0 Å². The van der Waals surface area contributed by atoms with Crippen LogP contribution in [0.5, 0.6) is 11.5 Å². The predicted octanol–water partition coefficient (Wildman–Crippen LogP) is 3.05. The van der Waals surface area contributed by atoms with Gasteiger partial charge in [-0.2, -0.15) is 0 Å². The van der Waals surface area contributed by atoms with Crippen LogP contribution in [0.15, 0.2) is 42.6 Å². The Morgan fingerprint density at radius 3 is 2.73 bits per heavy atom. The number of phenols is 1. The van der Waals surface area contributed by atoms with E-state index in [-0.39, 0.29) is 24.1 Å². The molecule has 0 saturated heterocycles. The second-order valence-electron chi connectivity index (χ2n) is 4.86. The number of halogens is 1. The van der Waals surface area contributed by atoms with Crippen LogP contribution < -0.4 is 4.74 Å². The number of carboxylic acid groups (broad SMARTS) is 1. The number of ether oxygens (including phenoxy) is 1. The topological polar surface area (TPSA) is 79.7 Å². The van der Waals surface area contributed by atoms with Gasteiger partial charge in [0.2, 0.25) is 0 Å². The number of fused-ring (bicyclic) bond motifs is 2. The molecule has 2 N–H and O–H groups in total. The van der Waals surface area contributed by atoms with Gasteiger partial charge in [0.15, 0.2) is 11.5 Å². The van der Waals surface area contributed by atoms with Crippen molar-refractivity contribution in [1.29, 1.82) is 0 Å². The van der Waals surface area contributed by atoms with Gasteiger partial charge in [0.1, 0.15) is 6.61 Å². The zero-order chi connectivity index (χ0) is 15.2. The maximum Gasteiger partial charge on any atom is 0.306 e. The highest BCUT2D eigenvalue weighted by molar-refractivity contribution is 5.85. The normalized spacial score (nSPS) is 12.2. The Morgan fingerprint density at radius 1 is 1.36 bits per heavy atom. The Kier molecular flexibility index (Phi) is 6.66. The summed E-state index contributed by atoms with van der Waals surface area (Å²) in [7, 11) is 0. The van der Waals surface area contributed by atoms with E-state index in [1.165, 1.54) is 0 Å². The Morgan fingerprint density at radius 2 is 2.14 bits per heavy atom. The van der Waals surface area contributed by atoms with Crippen molar-refractivity contribution >= 4 is 18.4 Å². The summed E-state index contributed by atoms with van der Waals surface area (Å²) in [6.45, 7) is 2.28. The lowest BCUT2D eigenvalue weighted by atomic mass is 10.1. The van der Waals surface area contributed by atoms with Crippen LogP contribution in [0.4, 0.5) is 0 Å². The van der Waals surface area contributed by atoms with E-state index < -0.39 is 5.97 Å². The summed E-state index contributed by atoms with van der Waals surface area (Å²) in [6, 6.07) is 10.9. The summed E-state index contributed by atoms with van der Waals surface area (Å²) in [4.78, 5) is 14.5. The minimum absolute atomic E-state index is 0. The first-order valence-corrected chi connectivity index (χ1v) is 6.63. The number of hydrogen-bond acceptors (Lipinski definition) is 4. The van der Waals surface area contributed by atoms with E-state index in [0.717, 1.165) is 11.3 Å². The van der Waals surface area contributed by atoms with E-state index in [2.05, 4.69) is 4.98 Å². The van der Waals surface area contributed by atoms with Gasteiger partial charge in [-0.05, 0) is 29.8 Å². The SMILES string of the molecule is CC(Cc1ccccn1)C(=O)O.Cl.Oc1ccc2cc1OC2. The Hall–Kier alpha value is -2.27. The number of aromatic nitrogens is 1. The molecule has 0 aliphatic carbocycles. The molecule has 5 nitrogen and oxygen atoms in total. The van der Waals surface area contributed by atoms with Crippen LogP contribution in [0.3, 0.4) is 0 Å². The summed E-state index contributed by atoms with van der Waals surface area (Å²) in [5, 5.41) is 17.6. The number of phenolic OH excluding ortho intramolecular Hbond substituents is 1. The maximum absolute atomic E-state index is 10.5. The molecule has 1 aliphatic heterocycles. The van der Waals surface area contributed by atoms with Gasteiger partial charge >= 0.3 is 5.97 Å². The number of pyridine rings is 1. The van der Waals surface area contributed by atoms with E-state index in [0.29, 0.717) is 18.8 Å². The van der Waals surface area contributed by atoms with Crippen LogP contribution in [0.25, 0.3) is 0 Å². The molecule has 118 valence electrons. The Labute approximate surface area is 135 Å². The molecular weight excluding hydrogens is 306 g/mol. The molecule has 1 unspecified atom stereocenters. The molecule has 2 aromatic rings. The third kappa shape index (κ3) is 4.93. The first-order chi connectivity index (χ1) is 10.1. The Bertz CT molecular complexity index is 619. The number of nitrogens with zero attached hydrogens (tertiary/aromatic N) is 1. The smallest absolute Gasteiger partial charge is 0.306 e. The molecule has 1 aromatic heterocycles. The van der Waals surface area contributed by atoms with Crippen LogP contribution in [0, 0.1) is 5.92 Å². The van der Waals surface area contributed by atoms with E-state index >= 15 is 0 Å². The minimum Gasteiger partial charge on any atom is -0.504 e. The van der Waals surface area contributed by atoms with Gasteiger partial charge in [-0.3, -0.25) is 9.78 Å². The molecule has 0 amide bonds. The summed E-state index contributed by atoms with van der Waals surface area (Å²) in [5.41, 5.74) is 1.95. The lowest BCUT2D eigenvalue weighted by Gasteiger charge is -2.03. The molecule has 0 radical (unpaired) electrons. The largest absolute Gasteiger partial charge is 0.504 e. The van der Waals surface area contributed by atoms with E-state index in [4.69, 9.17) is 14.9 Å². The second-order valence-corrected chi connectivity index (χ2v) is 4.86. The van der Waals surface area contributed by atoms with Crippen molar-refractivity contribution in [1.82, 2.24) is 4.98 Å². The van der Waals surface area contributed by atoms with Gasteiger partial charge in [0.25, 0.3) is 0 Å². The average molecular weight is 324 g/mol. The molecule has 0 spiro atoms. The van der Waals surface area contributed by atoms with E-state index in [1.54, 1.807) is 19.2 Å². The van der Waals surface area contributed by atoms with E-state index in [1.807, 2.05) is 30.3 Å². The van der Waals surface area contributed by atoms with Crippen molar-refractivity contribution in [3.8, 4) is 11.5 Å². The lowest BCUT2D eigenvalue weighted by Crippen LogP contribution is -2.12. The quantitative estimate of drug-likeness (QED) is 0.907. The Balaban J connectivity index is 0.000000217. The number of aromatic hydroxyl groups is 1. The second kappa shape index (κ2) is 8.24. The molecule has 0 saturated carbocycles. The first kappa shape index (κ1) is 17.8. The number of rotatable bonds is 3. The molecule has 1 aromatic carbocycles. The van der Waals surface area contributed by atoms with Crippen LogP contribution in [0.1, 0.15) is 18.2 Å². The van der Waals surface area contributed by atoms with Gasteiger partial charge in [-0.15, -0.1) is 12.4 Å². The molecule has 2 heterocycles. The summed E-state index contributed by atoms with van der Waals surface area (Å²) in [6.07, 6.45) is 2.17. The molecule has 1 atom stereocenters. The fourth-order valence-corrected chi connectivity index (χ4v) is 1.84. The van der Waals surface area contributed by atoms with Crippen LogP contribution >= 0.6 is 12.4 Å². The number of benzene rings is 1.